The number of nitriles is 1. The number of pyridine rings is 1. The minimum absolute atomic E-state index is 0.144. The number of hydrogen-bond donors (Lipinski definition) is 2. The molecule has 1 aliphatic carbocycles. The maximum atomic E-state index is 12.5. The van der Waals surface area contributed by atoms with Crippen LogP contribution in [-0.2, 0) is 4.79 Å². The third-order valence-corrected chi connectivity index (χ3v) is 5.41. The van der Waals surface area contributed by atoms with Crippen molar-refractivity contribution in [2.75, 3.05) is 0 Å². The molecule has 2 N–H and O–H groups in total. The fourth-order valence-corrected chi connectivity index (χ4v) is 3.85. The summed E-state index contributed by atoms with van der Waals surface area (Å²) in [6.07, 6.45) is 6.06. The van der Waals surface area contributed by atoms with E-state index in [0.29, 0.717) is 15.8 Å². The lowest BCUT2D eigenvalue weighted by molar-refractivity contribution is -0.121. The summed E-state index contributed by atoms with van der Waals surface area (Å²) in [7, 11) is 0. The standard InChI is InChI=1S/C16H18ClN5OS/c1-10(14(23)22-16(9-18)5-3-2-4-6-16)24-15-20-12-7-11(17)8-19-13(12)21-15/h7-8,10H,2-6H2,1H3,(H,22,23)(H,19,20,21)/t10-/m1/s1. The second-order valence-electron chi connectivity index (χ2n) is 6.07. The second kappa shape index (κ2) is 6.99. The molecule has 1 amide bonds. The van der Waals surface area contributed by atoms with Gasteiger partial charge in [-0.25, -0.2) is 9.97 Å². The largest absolute Gasteiger partial charge is 0.337 e. The monoisotopic (exact) mass is 363 g/mol. The van der Waals surface area contributed by atoms with Crippen molar-refractivity contribution >= 4 is 40.4 Å². The van der Waals surface area contributed by atoms with Gasteiger partial charge in [-0.05, 0) is 25.8 Å². The SMILES string of the molecule is C[C@@H](Sc1nc2ncc(Cl)cc2[nH]1)C(=O)NC1(C#N)CCCCC1. The number of carbonyl (C=O) groups excluding carboxylic acids is 1. The van der Waals surface area contributed by atoms with Gasteiger partial charge in [-0.1, -0.05) is 42.6 Å². The maximum absolute atomic E-state index is 12.5. The quantitative estimate of drug-likeness (QED) is 0.811. The molecule has 3 rings (SSSR count). The summed E-state index contributed by atoms with van der Waals surface area (Å²) in [5, 5.41) is 13.2. The van der Waals surface area contributed by atoms with Gasteiger partial charge in [0, 0.05) is 6.20 Å². The van der Waals surface area contributed by atoms with Gasteiger partial charge in [0.05, 0.1) is 21.9 Å². The zero-order valence-corrected chi connectivity index (χ0v) is 14.9. The number of aromatic amines is 1. The van der Waals surface area contributed by atoms with Crippen LogP contribution in [0.5, 0.6) is 0 Å². The lowest BCUT2D eigenvalue weighted by atomic mass is 9.83. The van der Waals surface area contributed by atoms with Crippen LogP contribution < -0.4 is 5.32 Å². The van der Waals surface area contributed by atoms with Crippen molar-refractivity contribution in [1.29, 1.82) is 5.26 Å². The number of aromatic nitrogens is 3. The summed E-state index contributed by atoms with van der Waals surface area (Å²) in [5.41, 5.74) is 0.585. The second-order valence-corrected chi connectivity index (χ2v) is 7.84. The molecule has 0 aliphatic heterocycles. The smallest absolute Gasteiger partial charge is 0.234 e. The van der Waals surface area contributed by atoms with Gasteiger partial charge in [0.25, 0.3) is 0 Å². The molecule has 1 aliphatic rings. The highest BCUT2D eigenvalue weighted by Gasteiger charge is 2.35. The number of carbonyl (C=O) groups is 1. The molecule has 8 heteroatoms. The van der Waals surface area contributed by atoms with Crippen molar-refractivity contribution in [1.82, 2.24) is 20.3 Å². The van der Waals surface area contributed by atoms with Crippen molar-refractivity contribution < 1.29 is 4.79 Å². The first-order chi connectivity index (χ1) is 11.5. The molecule has 0 radical (unpaired) electrons. The van der Waals surface area contributed by atoms with E-state index in [2.05, 4.69) is 26.3 Å². The zero-order valence-electron chi connectivity index (χ0n) is 13.3. The van der Waals surface area contributed by atoms with E-state index in [1.54, 1.807) is 6.07 Å². The molecule has 1 fully saturated rings. The van der Waals surface area contributed by atoms with E-state index >= 15 is 0 Å². The molecule has 126 valence electrons. The Morgan fingerprint density at radius 3 is 2.96 bits per heavy atom. The maximum Gasteiger partial charge on any atom is 0.234 e. The molecule has 1 saturated carbocycles. The average molecular weight is 364 g/mol. The predicted octanol–water partition coefficient (Wildman–Crippen LogP) is 3.43. The van der Waals surface area contributed by atoms with Crippen LogP contribution >= 0.6 is 23.4 Å². The Hall–Kier alpha value is -1.78. The van der Waals surface area contributed by atoms with Gasteiger partial charge in [0.1, 0.15) is 5.54 Å². The number of nitrogens with zero attached hydrogens (tertiary/aromatic N) is 3. The van der Waals surface area contributed by atoms with Crippen molar-refractivity contribution in [3.63, 3.8) is 0 Å². The molecule has 1 atom stereocenters. The van der Waals surface area contributed by atoms with Gasteiger partial charge < -0.3 is 10.3 Å². The molecule has 0 saturated heterocycles. The van der Waals surface area contributed by atoms with Crippen LogP contribution in [0.15, 0.2) is 17.4 Å². The van der Waals surface area contributed by atoms with Gasteiger partial charge >= 0.3 is 0 Å². The van der Waals surface area contributed by atoms with Gasteiger partial charge in [-0.2, -0.15) is 5.26 Å². The molecular formula is C16H18ClN5OS. The average Bonchev–Trinajstić information content (AvgIpc) is 2.96. The highest BCUT2D eigenvalue weighted by molar-refractivity contribution is 8.00. The lowest BCUT2D eigenvalue weighted by Gasteiger charge is -2.32. The summed E-state index contributed by atoms with van der Waals surface area (Å²) in [5.74, 6) is -0.144. The van der Waals surface area contributed by atoms with Crippen LogP contribution in [0.25, 0.3) is 11.2 Å². The Balaban J connectivity index is 1.67. The summed E-state index contributed by atoms with van der Waals surface area (Å²) in [6, 6.07) is 4.05. The number of H-pyrrole nitrogens is 1. The fraction of sp³-hybridized carbons (Fsp3) is 0.500. The van der Waals surface area contributed by atoms with Crippen molar-refractivity contribution in [2.45, 2.75) is 55.0 Å². The Morgan fingerprint density at radius 1 is 1.50 bits per heavy atom. The number of nitrogens with one attached hydrogen (secondary N) is 2. The van der Waals surface area contributed by atoms with E-state index in [-0.39, 0.29) is 11.2 Å². The van der Waals surface area contributed by atoms with Gasteiger partial charge in [-0.3, -0.25) is 4.79 Å². The van der Waals surface area contributed by atoms with Gasteiger partial charge in [0.2, 0.25) is 5.91 Å². The third-order valence-electron chi connectivity index (χ3n) is 4.22. The number of imidazole rings is 1. The molecule has 2 aromatic rings. The Bertz CT molecular complexity index is 793. The number of rotatable bonds is 4. The van der Waals surface area contributed by atoms with Crippen molar-refractivity contribution in [3.05, 3.63) is 17.3 Å². The van der Waals surface area contributed by atoms with Crippen LogP contribution in [0.3, 0.4) is 0 Å². The Kier molecular flexibility index (Phi) is 4.97. The molecule has 0 aromatic carbocycles. The minimum Gasteiger partial charge on any atom is -0.337 e. The van der Waals surface area contributed by atoms with E-state index in [0.717, 1.165) is 37.6 Å². The Morgan fingerprint density at radius 2 is 2.25 bits per heavy atom. The van der Waals surface area contributed by atoms with Crippen molar-refractivity contribution in [2.24, 2.45) is 0 Å². The van der Waals surface area contributed by atoms with Crippen LogP contribution in [0, 0.1) is 11.3 Å². The summed E-state index contributed by atoms with van der Waals surface area (Å²) in [4.78, 5) is 24.1. The van der Waals surface area contributed by atoms with E-state index in [4.69, 9.17) is 11.6 Å². The molecule has 6 nitrogen and oxygen atoms in total. The van der Waals surface area contributed by atoms with Crippen LogP contribution in [0.1, 0.15) is 39.0 Å². The zero-order chi connectivity index (χ0) is 17.2. The van der Waals surface area contributed by atoms with Gasteiger partial charge in [0.15, 0.2) is 10.8 Å². The highest BCUT2D eigenvalue weighted by Crippen LogP contribution is 2.29. The van der Waals surface area contributed by atoms with E-state index in [1.807, 2.05) is 6.92 Å². The first-order valence-electron chi connectivity index (χ1n) is 7.92. The van der Waals surface area contributed by atoms with Crippen LogP contribution in [-0.4, -0.2) is 31.6 Å². The third kappa shape index (κ3) is 3.65. The molecule has 0 bridgehead atoms. The van der Waals surface area contributed by atoms with E-state index < -0.39 is 5.54 Å². The fourth-order valence-electron chi connectivity index (χ4n) is 2.89. The normalized spacial score (nSPS) is 18.0. The molecule has 2 aromatic heterocycles. The first-order valence-corrected chi connectivity index (χ1v) is 9.18. The number of fused-ring (bicyclic) bond motifs is 1. The molecule has 2 heterocycles. The summed E-state index contributed by atoms with van der Waals surface area (Å²) >= 11 is 7.22. The number of thioether (sulfide) groups is 1. The van der Waals surface area contributed by atoms with E-state index in [1.165, 1.54) is 18.0 Å². The van der Waals surface area contributed by atoms with Gasteiger partial charge in [-0.15, -0.1) is 0 Å². The molecule has 24 heavy (non-hydrogen) atoms. The minimum atomic E-state index is -0.715. The molecule has 0 unspecified atom stereocenters. The summed E-state index contributed by atoms with van der Waals surface area (Å²) < 4.78 is 0. The first kappa shape index (κ1) is 17.1. The van der Waals surface area contributed by atoms with E-state index in [9.17, 15) is 10.1 Å². The number of hydrogen-bond acceptors (Lipinski definition) is 5. The van der Waals surface area contributed by atoms with Crippen LogP contribution in [0.2, 0.25) is 5.02 Å². The topological polar surface area (TPSA) is 94.5 Å². The summed E-state index contributed by atoms with van der Waals surface area (Å²) in [6.45, 7) is 1.81. The lowest BCUT2D eigenvalue weighted by Crippen LogP contribution is -2.50. The number of halogens is 1. The Labute approximate surface area is 149 Å². The van der Waals surface area contributed by atoms with Crippen LogP contribution in [0.4, 0.5) is 0 Å². The molecule has 0 spiro atoms. The molecular weight excluding hydrogens is 346 g/mol. The predicted molar refractivity (Wildman–Crippen MR) is 93.8 cm³/mol. The number of amides is 1. The highest BCUT2D eigenvalue weighted by atomic mass is 35.5. The van der Waals surface area contributed by atoms with Crippen molar-refractivity contribution in [3.8, 4) is 6.07 Å².